The smallest absolute Gasteiger partial charge is 0.234 e. The highest BCUT2D eigenvalue weighted by Gasteiger charge is 2.23. The van der Waals surface area contributed by atoms with E-state index >= 15 is 0 Å². The summed E-state index contributed by atoms with van der Waals surface area (Å²) in [6, 6.07) is 0.329. The Kier molecular flexibility index (Phi) is 7.94. The molecule has 1 heterocycles. The summed E-state index contributed by atoms with van der Waals surface area (Å²) in [5, 5.41) is 13.5. The van der Waals surface area contributed by atoms with Crippen molar-refractivity contribution in [3.8, 4) is 0 Å². The van der Waals surface area contributed by atoms with Gasteiger partial charge in [0.25, 0.3) is 0 Å². The second-order valence-corrected chi connectivity index (χ2v) is 7.89. The fraction of sp³-hybridized carbons (Fsp3) is 0.944. The maximum absolute atomic E-state index is 12.2. The summed E-state index contributed by atoms with van der Waals surface area (Å²) in [5.41, 5.74) is 0. The maximum atomic E-state index is 12.2. The number of β-amino-alcohol motifs (C(OH)–C–C–N with tert-alkyl or cyclic N) is 1. The van der Waals surface area contributed by atoms with Crippen LogP contribution in [0, 0.1) is 5.92 Å². The van der Waals surface area contributed by atoms with E-state index in [2.05, 4.69) is 29.1 Å². The Morgan fingerprint density at radius 2 is 1.92 bits per heavy atom. The van der Waals surface area contributed by atoms with Crippen molar-refractivity contribution in [1.29, 1.82) is 0 Å². The average Bonchev–Trinajstić information content (AvgIpc) is 2.51. The van der Waals surface area contributed by atoms with Gasteiger partial charge in [-0.2, -0.15) is 0 Å². The molecule has 1 aliphatic heterocycles. The zero-order valence-corrected chi connectivity index (χ0v) is 15.7. The van der Waals surface area contributed by atoms with Crippen LogP contribution in [0.3, 0.4) is 0 Å². The lowest BCUT2D eigenvalue weighted by Crippen LogP contribution is -2.49. The Hall–Kier alpha value is -0.690. The molecule has 0 aromatic rings. The number of amides is 1. The van der Waals surface area contributed by atoms with Gasteiger partial charge in [-0.15, -0.1) is 0 Å². The lowest BCUT2D eigenvalue weighted by molar-refractivity contribution is -0.123. The number of hydrogen-bond acceptors (Lipinski definition) is 5. The first kappa shape index (κ1) is 19.6. The number of likely N-dealkylation sites (N-methyl/N-ethyl adjacent to an activating group) is 2. The van der Waals surface area contributed by atoms with Crippen molar-refractivity contribution in [2.45, 2.75) is 44.8 Å². The molecule has 0 aromatic heterocycles. The van der Waals surface area contributed by atoms with E-state index in [4.69, 9.17) is 0 Å². The first-order valence-corrected chi connectivity index (χ1v) is 9.51. The van der Waals surface area contributed by atoms with Gasteiger partial charge < -0.3 is 15.3 Å². The van der Waals surface area contributed by atoms with Crippen LogP contribution in [0.5, 0.6) is 0 Å². The molecule has 24 heavy (non-hydrogen) atoms. The largest absolute Gasteiger partial charge is 0.390 e. The molecule has 0 spiro atoms. The van der Waals surface area contributed by atoms with E-state index in [-0.39, 0.29) is 5.91 Å². The van der Waals surface area contributed by atoms with Crippen molar-refractivity contribution in [1.82, 2.24) is 20.0 Å². The van der Waals surface area contributed by atoms with E-state index in [1.54, 1.807) is 0 Å². The van der Waals surface area contributed by atoms with Gasteiger partial charge in [0.15, 0.2) is 0 Å². The van der Waals surface area contributed by atoms with Crippen molar-refractivity contribution in [2.75, 3.05) is 59.9 Å². The first-order chi connectivity index (χ1) is 11.4. The molecule has 0 radical (unpaired) electrons. The third-order valence-corrected chi connectivity index (χ3v) is 5.46. The number of aliphatic hydroxyl groups excluding tert-OH is 1. The highest BCUT2D eigenvalue weighted by atomic mass is 16.3. The Morgan fingerprint density at radius 3 is 2.58 bits per heavy atom. The summed E-state index contributed by atoms with van der Waals surface area (Å²) in [6.45, 7) is 7.97. The summed E-state index contributed by atoms with van der Waals surface area (Å²) in [7, 11) is 4.05. The van der Waals surface area contributed by atoms with Crippen LogP contribution in [0.15, 0.2) is 0 Å². The number of carbonyl (C=O) groups is 1. The third kappa shape index (κ3) is 6.67. The summed E-state index contributed by atoms with van der Waals surface area (Å²) in [6.07, 6.45) is 4.41. The van der Waals surface area contributed by atoms with Gasteiger partial charge in [0.1, 0.15) is 0 Å². The van der Waals surface area contributed by atoms with Crippen molar-refractivity contribution in [3.05, 3.63) is 0 Å². The molecule has 6 nitrogen and oxygen atoms in total. The standard InChI is InChI=1S/C18H36N4O2/c1-15-6-4-5-7-17(15)19-18(24)14-21(3)12-16(23)13-22-10-8-20(2)9-11-22/h15-17,23H,4-14H2,1-3H3,(H,19,24). The quantitative estimate of drug-likeness (QED) is 0.694. The molecule has 0 aromatic carbocycles. The van der Waals surface area contributed by atoms with Gasteiger partial charge in [-0.1, -0.05) is 19.8 Å². The fourth-order valence-corrected chi connectivity index (χ4v) is 3.84. The average molecular weight is 341 g/mol. The van der Waals surface area contributed by atoms with Gasteiger partial charge in [0.05, 0.1) is 12.6 Å². The number of hydrogen-bond donors (Lipinski definition) is 2. The predicted molar refractivity (Wildman–Crippen MR) is 97.0 cm³/mol. The van der Waals surface area contributed by atoms with Gasteiger partial charge in [-0.05, 0) is 32.9 Å². The summed E-state index contributed by atoms with van der Waals surface area (Å²) in [5.74, 6) is 0.666. The number of carbonyl (C=O) groups excluding carboxylic acids is 1. The molecule has 1 amide bonds. The Morgan fingerprint density at radius 1 is 1.25 bits per heavy atom. The van der Waals surface area contributed by atoms with Crippen LogP contribution < -0.4 is 5.32 Å². The number of rotatable bonds is 7. The maximum Gasteiger partial charge on any atom is 0.234 e. The van der Waals surface area contributed by atoms with Gasteiger partial charge in [0.2, 0.25) is 5.91 Å². The van der Waals surface area contributed by atoms with E-state index in [0.29, 0.717) is 31.6 Å². The molecule has 1 saturated carbocycles. The molecule has 2 aliphatic rings. The fourth-order valence-electron chi connectivity index (χ4n) is 3.84. The van der Waals surface area contributed by atoms with Crippen LogP contribution in [0.4, 0.5) is 0 Å². The van der Waals surface area contributed by atoms with E-state index < -0.39 is 6.10 Å². The molecule has 2 N–H and O–H groups in total. The molecule has 140 valence electrons. The normalized spacial score (nSPS) is 28.0. The predicted octanol–water partition coefficient (Wildman–Crippen LogP) is 0.221. The molecule has 3 atom stereocenters. The minimum absolute atomic E-state index is 0.0862. The lowest BCUT2D eigenvalue weighted by atomic mass is 9.86. The molecular weight excluding hydrogens is 304 g/mol. The van der Waals surface area contributed by atoms with Gasteiger partial charge in [-0.3, -0.25) is 14.6 Å². The Labute approximate surface area is 147 Å². The highest BCUT2D eigenvalue weighted by molar-refractivity contribution is 5.78. The topological polar surface area (TPSA) is 59.1 Å². The summed E-state index contributed by atoms with van der Waals surface area (Å²) in [4.78, 5) is 18.8. The monoisotopic (exact) mass is 340 g/mol. The Balaban J connectivity index is 1.64. The van der Waals surface area contributed by atoms with Gasteiger partial charge in [-0.25, -0.2) is 0 Å². The highest BCUT2D eigenvalue weighted by Crippen LogP contribution is 2.23. The minimum atomic E-state index is -0.403. The van der Waals surface area contributed by atoms with Crippen LogP contribution in [-0.4, -0.2) is 97.8 Å². The molecule has 2 fully saturated rings. The van der Waals surface area contributed by atoms with Gasteiger partial charge >= 0.3 is 0 Å². The van der Waals surface area contributed by atoms with Crippen molar-refractivity contribution >= 4 is 5.91 Å². The van der Waals surface area contributed by atoms with Crippen molar-refractivity contribution in [2.24, 2.45) is 5.92 Å². The molecule has 0 bridgehead atoms. The SMILES string of the molecule is CC1CCCCC1NC(=O)CN(C)CC(O)CN1CCN(C)CC1. The second-order valence-electron chi connectivity index (χ2n) is 7.89. The number of nitrogens with one attached hydrogen (secondary N) is 1. The summed E-state index contributed by atoms with van der Waals surface area (Å²) < 4.78 is 0. The number of aliphatic hydroxyl groups is 1. The summed E-state index contributed by atoms with van der Waals surface area (Å²) >= 11 is 0. The van der Waals surface area contributed by atoms with Crippen molar-refractivity contribution in [3.63, 3.8) is 0 Å². The number of nitrogens with zero attached hydrogens (tertiary/aromatic N) is 3. The van der Waals surface area contributed by atoms with E-state index in [0.717, 1.165) is 32.6 Å². The van der Waals surface area contributed by atoms with Crippen LogP contribution in [0.25, 0.3) is 0 Å². The second kappa shape index (κ2) is 9.70. The van der Waals surface area contributed by atoms with E-state index in [1.165, 1.54) is 19.3 Å². The van der Waals surface area contributed by atoms with Crippen molar-refractivity contribution < 1.29 is 9.90 Å². The first-order valence-electron chi connectivity index (χ1n) is 9.51. The minimum Gasteiger partial charge on any atom is -0.390 e. The molecule has 6 heteroatoms. The molecule has 2 rings (SSSR count). The zero-order valence-electron chi connectivity index (χ0n) is 15.7. The van der Waals surface area contributed by atoms with Crippen LogP contribution in [-0.2, 0) is 4.79 Å². The van der Waals surface area contributed by atoms with E-state index in [1.807, 2.05) is 11.9 Å². The van der Waals surface area contributed by atoms with Gasteiger partial charge in [0, 0.05) is 45.3 Å². The molecular formula is C18H36N4O2. The molecule has 3 unspecified atom stereocenters. The molecule has 1 saturated heterocycles. The lowest BCUT2D eigenvalue weighted by Gasteiger charge is -2.34. The molecule has 1 aliphatic carbocycles. The zero-order chi connectivity index (χ0) is 17.5. The van der Waals surface area contributed by atoms with Crippen LogP contribution >= 0.6 is 0 Å². The van der Waals surface area contributed by atoms with Crippen LogP contribution in [0.2, 0.25) is 0 Å². The third-order valence-electron chi connectivity index (χ3n) is 5.46. The Bertz CT molecular complexity index is 385. The van der Waals surface area contributed by atoms with Crippen LogP contribution in [0.1, 0.15) is 32.6 Å². The number of piperazine rings is 1. The van der Waals surface area contributed by atoms with E-state index in [9.17, 15) is 9.90 Å².